The van der Waals surface area contributed by atoms with Crippen LogP contribution in [0.1, 0.15) is 46.0 Å². The van der Waals surface area contributed by atoms with Gasteiger partial charge in [-0.15, -0.1) is 0 Å². The zero-order valence-electron chi connectivity index (χ0n) is 10.9. The Morgan fingerprint density at radius 1 is 1.06 bits per heavy atom. The molecule has 0 aliphatic heterocycles. The molecule has 4 N–H and O–H groups in total. The van der Waals surface area contributed by atoms with Crippen LogP contribution in [0.15, 0.2) is 0 Å². The number of nitrogens with two attached hydrogens (primary N) is 1. The molecule has 0 aliphatic rings. The van der Waals surface area contributed by atoms with Gasteiger partial charge in [0.05, 0.1) is 0 Å². The average Bonchev–Trinajstić information content (AvgIpc) is 2.26. The van der Waals surface area contributed by atoms with Crippen molar-refractivity contribution >= 4 is 5.96 Å². The molecule has 16 heavy (non-hydrogen) atoms. The zero-order valence-corrected chi connectivity index (χ0v) is 10.9. The van der Waals surface area contributed by atoms with Gasteiger partial charge in [0, 0.05) is 6.54 Å². The van der Waals surface area contributed by atoms with Crippen LogP contribution in [0.4, 0.5) is 0 Å². The Balaban J connectivity index is 3.59. The fourth-order valence-corrected chi connectivity index (χ4v) is 1.62. The molecule has 0 rings (SSSR count). The maximum absolute atomic E-state index is 7.05. The number of rotatable bonds is 10. The number of unbranched alkanes of at least 4 members (excludes halogenated alkanes) is 2. The van der Waals surface area contributed by atoms with Crippen molar-refractivity contribution in [1.82, 2.24) is 10.2 Å². The van der Waals surface area contributed by atoms with E-state index in [0.717, 1.165) is 19.5 Å². The van der Waals surface area contributed by atoms with Gasteiger partial charge in [-0.05, 0) is 38.9 Å². The topological polar surface area (TPSA) is 65.1 Å². The first-order valence-electron chi connectivity index (χ1n) is 6.51. The molecule has 96 valence electrons. The smallest absolute Gasteiger partial charge is 0.185 e. The second-order valence-corrected chi connectivity index (χ2v) is 4.24. The van der Waals surface area contributed by atoms with Crippen molar-refractivity contribution in [2.24, 2.45) is 5.73 Å². The Morgan fingerprint density at radius 3 is 2.00 bits per heavy atom. The zero-order chi connectivity index (χ0) is 12.2. The molecule has 0 aliphatic carbocycles. The lowest BCUT2D eigenvalue weighted by Gasteiger charge is -2.21. The summed E-state index contributed by atoms with van der Waals surface area (Å²) >= 11 is 0. The first-order valence-corrected chi connectivity index (χ1v) is 6.51. The molecule has 4 heteroatoms. The van der Waals surface area contributed by atoms with Gasteiger partial charge in [-0.1, -0.05) is 26.7 Å². The largest absolute Gasteiger partial charge is 0.370 e. The molecule has 0 saturated heterocycles. The highest BCUT2D eigenvalue weighted by Gasteiger charge is 2.03. The van der Waals surface area contributed by atoms with Crippen LogP contribution in [0.3, 0.4) is 0 Å². The van der Waals surface area contributed by atoms with Crippen molar-refractivity contribution in [3.05, 3.63) is 0 Å². The van der Waals surface area contributed by atoms with Crippen molar-refractivity contribution in [1.29, 1.82) is 5.41 Å². The van der Waals surface area contributed by atoms with E-state index < -0.39 is 0 Å². The van der Waals surface area contributed by atoms with Crippen molar-refractivity contribution in [2.75, 3.05) is 26.2 Å². The molecule has 0 aromatic heterocycles. The lowest BCUT2D eigenvalue weighted by atomic mass is 10.2. The van der Waals surface area contributed by atoms with Gasteiger partial charge in [0.1, 0.15) is 0 Å². The molecule has 0 aromatic rings. The van der Waals surface area contributed by atoms with Gasteiger partial charge in [0.25, 0.3) is 0 Å². The highest BCUT2D eigenvalue weighted by Crippen LogP contribution is 2.00. The monoisotopic (exact) mass is 228 g/mol. The summed E-state index contributed by atoms with van der Waals surface area (Å²) in [7, 11) is 0. The maximum atomic E-state index is 7.05. The van der Waals surface area contributed by atoms with Crippen LogP contribution in [0.25, 0.3) is 0 Å². The third-order valence-corrected chi connectivity index (χ3v) is 2.62. The van der Waals surface area contributed by atoms with Gasteiger partial charge >= 0.3 is 0 Å². The van der Waals surface area contributed by atoms with E-state index in [1.807, 2.05) is 0 Å². The molecule has 0 fully saturated rings. The molecule has 0 radical (unpaired) electrons. The van der Waals surface area contributed by atoms with Gasteiger partial charge in [0.2, 0.25) is 0 Å². The van der Waals surface area contributed by atoms with Crippen molar-refractivity contribution in [3.8, 4) is 0 Å². The molecule has 0 heterocycles. The molecule has 0 spiro atoms. The number of hydrogen-bond donors (Lipinski definition) is 3. The summed E-state index contributed by atoms with van der Waals surface area (Å²) in [5.74, 6) is 0.0775. The van der Waals surface area contributed by atoms with E-state index in [1.165, 1.54) is 38.8 Å². The Morgan fingerprint density at radius 2 is 1.56 bits per heavy atom. The lowest BCUT2D eigenvalue weighted by Crippen LogP contribution is -2.34. The molecule has 0 saturated carbocycles. The second kappa shape index (κ2) is 10.7. The summed E-state index contributed by atoms with van der Waals surface area (Å²) in [6.45, 7) is 8.79. The van der Waals surface area contributed by atoms with Gasteiger partial charge in [-0.3, -0.25) is 5.41 Å². The molecular formula is C12H28N4. The highest BCUT2D eigenvalue weighted by atomic mass is 15.1. The minimum Gasteiger partial charge on any atom is -0.370 e. The summed E-state index contributed by atoms with van der Waals surface area (Å²) in [5.41, 5.74) is 5.23. The number of hydrogen-bond acceptors (Lipinski definition) is 2. The fraction of sp³-hybridized carbons (Fsp3) is 0.917. The van der Waals surface area contributed by atoms with Crippen LogP contribution in [-0.2, 0) is 0 Å². The molecule has 0 unspecified atom stereocenters. The summed E-state index contributed by atoms with van der Waals surface area (Å²) in [6.07, 6.45) is 6.14. The van der Waals surface area contributed by atoms with Crippen LogP contribution in [0.2, 0.25) is 0 Å². The van der Waals surface area contributed by atoms with Crippen LogP contribution in [0, 0.1) is 5.41 Å². The normalized spacial score (nSPS) is 10.7. The first kappa shape index (κ1) is 15.2. The van der Waals surface area contributed by atoms with E-state index in [9.17, 15) is 0 Å². The summed E-state index contributed by atoms with van der Waals surface area (Å²) < 4.78 is 0. The second-order valence-electron chi connectivity index (χ2n) is 4.24. The first-order chi connectivity index (χ1) is 7.70. The van der Waals surface area contributed by atoms with Gasteiger partial charge < -0.3 is 16.0 Å². The van der Waals surface area contributed by atoms with Crippen molar-refractivity contribution in [3.63, 3.8) is 0 Å². The number of guanidine groups is 1. The summed E-state index contributed by atoms with van der Waals surface area (Å²) in [5, 5.41) is 9.90. The van der Waals surface area contributed by atoms with E-state index in [1.54, 1.807) is 0 Å². The Labute approximate surface area is 100 Å². The minimum absolute atomic E-state index is 0.0775. The molecular weight excluding hydrogens is 200 g/mol. The standard InChI is InChI=1S/C12H28N4/c1-3-5-9-16(10-6-4-2)11-7-8-15-12(13)14/h3-11H2,1-2H3,(H4,13,14,15). The molecule has 0 bridgehead atoms. The third-order valence-electron chi connectivity index (χ3n) is 2.62. The van der Waals surface area contributed by atoms with E-state index >= 15 is 0 Å². The SMILES string of the molecule is CCCCN(CCCC)CCCNC(=N)N. The van der Waals surface area contributed by atoms with Gasteiger partial charge in [0.15, 0.2) is 5.96 Å². The van der Waals surface area contributed by atoms with E-state index in [-0.39, 0.29) is 5.96 Å². The molecule has 0 atom stereocenters. The van der Waals surface area contributed by atoms with E-state index in [2.05, 4.69) is 24.1 Å². The van der Waals surface area contributed by atoms with Crippen molar-refractivity contribution in [2.45, 2.75) is 46.0 Å². The summed E-state index contributed by atoms with van der Waals surface area (Å²) in [6, 6.07) is 0. The van der Waals surface area contributed by atoms with Crippen molar-refractivity contribution < 1.29 is 0 Å². The minimum atomic E-state index is 0.0775. The van der Waals surface area contributed by atoms with Crippen LogP contribution >= 0.6 is 0 Å². The van der Waals surface area contributed by atoms with E-state index in [0.29, 0.717) is 0 Å². The quantitative estimate of drug-likeness (QED) is 0.303. The number of nitrogens with zero attached hydrogens (tertiary/aromatic N) is 1. The average molecular weight is 228 g/mol. The van der Waals surface area contributed by atoms with Crippen LogP contribution in [-0.4, -0.2) is 37.0 Å². The fourth-order valence-electron chi connectivity index (χ4n) is 1.62. The Kier molecular flexibility index (Phi) is 10.2. The highest BCUT2D eigenvalue weighted by molar-refractivity contribution is 5.74. The van der Waals surface area contributed by atoms with Crippen LogP contribution in [0.5, 0.6) is 0 Å². The molecule has 4 nitrogen and oxygen atoms in total. The van der Waals surface area contributed by atoms with Crippen LogP contribution < -0.4 is 11.1 Å². The summed E-state index contributed by atoms with van der Waals surface area (Å²) in [4.78, 5) is 2.52. The Hall–Kier alpha value is -0.770. The number of nitrogens with one attached hydrogen (secondary N) is 2. The maximum Gasteiger partial charge on any atom is 0.185 e. The molecule has 0 aromatic carbocycles. The Bertz CT molecular complexity index is 162. The van der Waals surface area contributed by atoms with E-state index in [4.69, 9.17) is 11.1 Å². The third kappa shape index (κ3) is 9.77. The molecule has 0 amide bonds. The van der Waals surface area contributed by atoms with Gasteiger partial charge in [-0.2, -0.15) is 0 Å². The predicted molar refractivity (Wildman–Crippen MR) is 70.8 cm³/mol. The predicted octanol–water partition coefficient (Wildman–Crippen LogP) is 1.76. The van der Waals surface area contributed by atoms with Gasteiger partial charge in [-0.25, -0.2) is 0 Å². The lowest BCUT2D eigenvalue weighted by molar-refractivity contribution is 0.262.